The van der Waals surface area contributed by atoms with Crippen LogP contribution in [0.3, 0.4) is 0 Å². The minimum atomic E-state index is -0.277. The average molecular weight is 253 g/mol. The van der Waals surface area contributed by atoms with Crippen molar-refractivity contribution >= 4 is 5.91 Å². The Bertz CT molecular complexity index is 406. The van der Waals surface area contributed by atoms with Crippen molar-refractivity contribution in [2.75, 3.05) is 6.54 Å². The van der Waals surface area contributed by atoms with Gasteiger partial charge in [-0.3, -0.25) is 4.79 Å². The second kappa shape index (κ2) is 5.92. The number of nitrogens with zero attached hydrogens (tertiary/aromatic N) is 3. The summed E-state index contributed by atoms with van der Waals surface area (Å²) in [7, 11) is 0. The zero-order chi connectivity index (χ0) is 13.0. The highest BCUT2D eigenvalue weighted by Crippen LogP contribution is 2.24. The van der Waals surface area contributed by atoms with Crippen LogP contribution in [-0.4, -0.2) is 38.7 Å². The molecular weight excluding hydrogens is 234 g/mol. The van der Waals surface area contributed by atoms with E-state index < -0.39 is 0 Å². The van der Waals surface area contributed by atoms with Crippen molar-refractivity contribution < 1.29 is 9.90 Å². The van der Waals surface area contributed by atoms with Gasteiger partial charge >= 0.3 is 0 Å². The maximum absolute atomic E-state index is 11.7. The largest absolute Gasteiger partial charge is 0.393 e. The molecule has 2 rings (SSSR count). The van der Waals surface area contributed by atoms with Gasteiger partial charge < -0.3 is 16.2 Å². The van der Waals surface area contributed by atoms with Gasteiger partial charge in [-0.15, -0.1) is 5.10 Å². The van der Waals surface area contributed by atoms with E-state index in [2.05, 4.69) is 15.6 Å². The Morgan fingerprint density at radius 3 is 3.06 bits per heavy atom. The fourth-order valence-electron chi connectivity index (χ4n) is 2.21. The van der Waals surface area contributed by atoms with Crippen LogP contribution < -0.4 is 11.1 Å². The molecule has 0 aromatic carbocycles. The Hall–Kier alpha value is -1.47. The Morgan fingerprint density at radius 1 is 1.61 bits per heavy atom. The molecule has 7 nitrogen and oxygen atoms in total. The van der Waals surface area contributed by atoms with E-state index in [-0.39, 0.29) is 24.5 Å². The third kappa shape index (κ3) is 3.27. The summed E-state index contributed by atoms with van der Waals surface area (Å²) in [5.41, 5.74) is 6.07. The molecule has 0 aliphatic heterocycles. The molecule has 1 aliphatic rings. The molecule has 1 saturated carbocycles. The highest BCUT2D eigenvalue weighted by Gasteiger charge is 2.25. The number of carbonyl (C=O) groups is 1. The summed E-state index contributed by atoms with van der Waals surface area (Å²) in [6.45, 7) is 0.976. The molecular formula is C11H19N5O2. The first-order chi connectivity index (χ1) is 8.69. The van der Waals surface area contributed by atoms with Gasteiger partial charge in [0.05, 0.1) is 18.0 Å². The van der Waals surface area contributed by atoms with Crippen molar-refractivity contribution in [2.24, 2.45) is 11.7 Å². The van der Waals surface area contributed by atoms with Crippen LogP contribution in [0.4, 0.5) is 0 Å². The molecule has 1 aliphatic carbocycles. The molecule has 1 heterocycles. The van der Waals surface area contributed by atoms with E-state index in [1.54, 1.807) is 6.20 Å². The van der Waals surface area contributed by atoms with Gasteiger partial charge in [0.15, 0.2) is 0 Å². The number of rotatable bonds is 5. The van der Waals surface area contributed by atoms with Gasteiger partial charge in [0.1, 0.15) is 6.54 Å². The van der Waals surface area contributed by atoms with Crippen LogP contribution in [0.15, 0.2) is 6.20 Å². The van der Waals surface area contributed by atoms with Gasteiger partial charge in [-0.2, -0.15) is 0 Å². The second-order valence-electron chi connectivity index (χ2n) is 4.67. The van der Waals surface area contributed by atoms with E-state index in [9.17, 15) is 9.90 Å². The van der Waals surface area contributed by atoms with Gasteiger partial charge in [-0.05, 0) is 12.8 Å². The minimum Gasteiger partial charge on any atom is -0.393 e. The summed E-state index contributed by atoms with van der Waals surface area (Å²) in [4.78, 5) is 11.7. The number of hydrogen-bond acceptors (Lipinski definition) is 5. The van der Waals surface area contributed by atoms with Gasteiger partial charge in [-0.25, -0.2) is 4.68 Å². The van der Waals surface area contributed by atoms with Crippen LogP contribution >= 0.6 is 0 Å². The predicted octanol–water partition coefficient (Wildman–Crippen LogP) is -0.986. The first-order valence-electron chi connectivity index (χ1n) is 6.23. The molecule has 0 radical (unpaired) electrons. The first-order valence-corrected chi connectivity index (χ1v) is 6.23. The zero-order valence-corrected chi connectivity index (χ0v) is 10.2. The lowest BCUT2D eigenvalue weighted by Crippen LogP contribution is -2.34. The fraction of sp³-hybridized carbons (Fsp3) is 0.727. The third-order valence-corrected chi connectivity index (χ3v) is 3.28. The highest BCUT2D eigenvalue weighted by molar-refractivity contribution is 5.75. The van der Waals surface area contributed by atoms with Crippen molar-refractivity contribution in [1.29, 1.82) is 0 Å². The molecule has 4 N–H and O–H groups in total. The molecule has 7 heteroatoms. The highest BCUT2D eigenvalue weighted by atomic mass is 16.3. The lowest BCUT2D eigenvalue weighted by atomic mass is 10.1. The topological polar surface area (TPSA) is 106 Å². The Labute approximate surface area is 105 Å². The summed E-state index contributed by atoms with van der Waals surface area (Å²) < 4.78 is 1.46. The van der Waals surface area contributed by atoms with Crippen molar-refractivity contribution in [3.05, 3.63) is 11.9 Å². The molecule has 0 spiro atoms. The minimum absolute atomic E-state index is 0.123. The summed E-state index contributed by atoms with van der Waals surface area (Å²) in [6, 6.07) is 0. The fourth-order valence-corrected chi connectivity index (χ4v) is 2.21. The van der Waals surface area contributed by atoms with Crippen molar-refractivity contribution in [3.8, 4) is 0 Å². The van der Waals surface area contributed by atoms with E-state index >= 15 is 0 Å². The van der Waals surface area contributed by atoms with Gasteiger partial charge in [-0.1, -0.05) is 11.6 Å². The number of aromatic nitrogens is 3. The number of aliphatic hydroxyl groups excluding tert-OH is 1. The standard InChI is InChI=1S/C11H19N5O2/c12-4-9-6-16(15-14-9)7-11(18)13-5-8-2-1-3-10(8)17/h6,8,10,17H,1-5,7,12H2,(H,13,18). The van der Waals surface area contributed by atoms with E-state index in [0.717, 1.165) is 19.3 Å². The quantitative estimate of drug-likeness (QED) is 0.625. The molecule has 1 amide bonds. The van der Waals surface area contributed by atoms with Crippen LogP contribution in [0, 0.1) is 5.92 Å². The SMILES string of the molecule is NCc1cn(CC(=O)NCC2CCCC2O)nn1. The third-order valence-electron chi connectivity index (χ3n) is 3.28. The maximum atomic E-state index is 11.7. The molecule has 1 aromatic heterocycles. The lowest BCUT2D eigenvalue weighted by Gasteiger charge is -2.14. The molecule has 1 aromatic rings. The molecule has 1 fully saturated rings. The Balaban J connectivity index is 1.74. The van der Waals surface area contributed by atoms with Gasteiger partial charge in [0.2, 0.25) is 5.91 Å². The zero-order valence-electron chi connectivity index (χ0n) is 10.2. The number of nitrogens with two attached hydrogens (primary N) is 1. The molecule has 18 heavy (non-hydrogen) atoms. The van der Waals surface area contributed by atoms with Crippen LogP contribution in [0.5, 0.6) is 0 Å². The summed E-state index contributed by atoms with van der Waals surface area (Å²) in [6.07, 6.45) is 4.22. The van der Waals surface area contributed by atoms with Crippen molar-refractivity contribution in [2.45, 2.75) is 38.5 Å². The number of hydrogen-bond donors (Lipinski definition) is 3. The van der Waals surface area contributed by atoms with E-state index in [1.807, 2.05) is 0 Å². The smallest absolute Gasteiger partial charge is 0.241 e. The molecule has 0 bridgehead atoms. The van der Waals surface area contributed by atoms with Gasteiger partial charge in [0, 0.05) is 19.0 Å². The number of carbonyl (C=O) groups excluding carboxylic acids is 1. The number of nitrogens with one attached hydrogen (secondary N) is 1. The second-order valence-corrected chi connectivity index (χ2v) is 4.67. The van der Waals surface area contributed by atoms with Gasteiger partial charge in [0.25, 0.3) is 0 Å². The van der Waals surface area contributed by atoms with E-state index in [4.69, 9.17) is 5.73 Å². The van der Waals surface area contributed by atoms with Crippen molar-refractivity contribution in [3.63, 3.8) is 0 Å². The molecule has 2 unspecified atom stereocenters. The normalized spacial score (nSPS) is 23.2. The van der Waals surface area contributed by atoms with E-state index in [1.165, 1.54) is 4.68 Å². The summed E-state index contributed by atoms with van der Waals surface area (Å²) >= 11 is 0. The average Bonchev–Trinajstić information content (AvgIpc) is 2.96. The van der Waals surface area contributed by atoms with Crippen LogP contribution in [0.25, 0.3) is 0 Å². The molecule has 100 valence electrons. The van der Waals surface area contributed by atoms with E-state index in [0.29, 0.717) is 18.8 Å². The monoisotopic (exact) mass is 253 g/mol. The Morgan fingerprint density at radius 2 is 2.44 bits per heavy atom. The number of amides is 1. The predicted molar refractivity (Wildman–Crippen MR) is 64.3 cm³/mol. The lowest BCUT2D eigenvalue weighted by molar-refractivity contribution is -0.122. The Kier molecular flexibility index (Phi) is 4.27. The van der Waals surface area contributed by atoms with Crippen LogP contribution in [0.2, 0.25) is 0 Å². The molecule has 2 atom stereocenters. The number of aliphatic hydroxyl groups is 1. The van der Waals surface area contributed by atoms with Crippen LogP contribution in [-0.2, 0) is 17.9 Å². The maximum Gasteiger partial charge on any atom is 0.241 e. The molecule has 0 saturated heterocycles. The van der Waals surface area contributed by atoms with Crippen LogP contribution in [0.1, 0.15) is 25.0 Å². The van der Waals surface area contributed by atoms with Crippen molar-refractivity contribution in [1.82, 2.24) is 20.3 Å². The first kappa shape index (κ1) is 13.0. The summed E-state index contributed by atoms with van der Waals surface area (Å²) in [5.74, 6) is 0.0619. The summed E-state index contributed by atoms with van der Waals surface area (Å²) in [5, 5.41) is 20.0.